The molecule has 0 saturated carbocycles. The molecule has 4 heteroatoms. The van der Waals surface area contributed by atoms with Gasteiger partial charge in [0, 0.05) is 19.5 Å². The fourth-order valence-corrected chi connectivity index (χ4v) is 1.84. The van der Waals surface area contributed by atoms with Gasteiger partial charge in [-0.05, 0) is 13.3 Å². The maximum Gasteiger partial charge on any atom is 0.222 e. The Bertz CT molecular complexity index is 208. The third kappa shape index (κ3) is 3.80. The number of morpholine rings is 1. The predicted octanol–water partition coefficient (Wildman–Crippen LogP) is 0.785. The van der Waals surface area contributed by atoms with Gasteiger partial charge in [0.25, 0.3) is 0 Å². The molecule has 1 fully saturated rings. The number of rotatable bonds is 4. The summed E-state index contributed by atoms with van der Waals surface area (Å²) in [4.78, 5) is 13.6. The average Bonchev–Trinajstić information content (AvgIpc) is 2.24. The second-order valence-corrected chi connectivity index (χ2v) is 4.15. The maximum atomic E-state index is 11.8. The van der Waals surface area contributed by atoms with Crippen LogP contribution in [0.2, 0.25) is 0 Å². The number of nitrogens with zero attached hydrogens (tertiary/aromatic N) is 1. The van der Waals surface area contributed by atoms with Gasteiger partial charge in [-0.1, -0.05) is 13.3 Å². The van der Waals surface area contributed by atoms with Crippen LogP contribution in [0.4, 0.5) is 0 Å². The Hall–Kier alpha value is -0.610. The van der Waals surface area contributed by atoms with Crippen molar-refractivity contribution in [1.29, 1.82) is 0 Å². The summed E-state index contributed by atoms with van der Waals surface area (Å²) in [6.45, 7) is 5.18. The van der Waals surface area contributed by atoms with Crippen molar-refractivity contribution in [3.05, 3.63) is 0 Å². The van der Waals surface area contributed by atoms with Crippen molar-refractivity contribution < 1.29 is 14.6 Å². The Morgan fingerprint density at radius 3 is 2.87 bits per heavy atom. The van der Waals surface area contributed by atoms with Crippen LogP contribution in [0.5, 0.6) is 0 Å². The Kier molecular flexibility index (Phi) is 5.05. The monoisotopic (exact) mass is 215 g/mol. The molecule has 1 heterocycles. The highest BCUT2D eigenvalue weighted by molar-refractivity contribution is 5.76. The van der Waals surface area contributed by atoms with Crippen molar-refractivity contribution in [2.24, 2.45) is 0 Å². The van der Waals surface area contributed by atoms with E-state index in [0.29, 0.717) is 19.5 Å². The quantitative estimate of drug-likeness (QED) is 0.754. The van der Waals surface area contributed by atoms with Gasteiger partial charge in [-0.15, -0.1) is 0 Å². The van der Waals surface area contributed by atoms with Crippen LogP contribution in [0.25, 0.3) is 0 Å². The normalized spacial score (nSPS) is 26.7. The van der Waals surface area contributed by atoms with Crippen molar-refractivity contribution in [3.63, 3.8) is 0 Å². The number of hydrogen-bond donors (Lipinski definition) is 1. The van der Waals surface area contributed by atoms with Gasteiger partial charge >= 0.3 is 0 Å². The van der Waals surface area contributed by atoms with Gasteiger partial charge in [0.2, 0.25) is 5.91 Å². The molecule has 1 aliphatic rings. The molecule has 0 spiro atoms. The summed E-state index contributed by atoms with van der Waals surface area (Å²) in [5, 5.41) is 9.02. The van der Waals surface area contributed by atoms with E-state index in [1.54, 1.807) is 0 Å². The average molecular weight is 215 g/mol. The van der Waals surface area contributed by atoms with Gasteiger partial charge in [0.15, 0.2) is 0 Å². The number of carbonyl (C=O) groups excluding carboxylic acids is 1. The minimum atomic E-state index is -0.209. The van der Waals surface area contributed by atoms with E-state index in [1.165, 1.54) is 0 Å². The number of hydrogen-bond acceptors (Lipinski definition) is 3. The molecule has 0 bridgehead atoms. The fourth-order valence-electron chi connectivity index (χ4n) is 1.84. The van der Waals surface area contributed by atoms with Crippen molar-refractivity contribution in [2.45, 2.75) is 45.3 Å². The van der Waals surface area contributed by atoms with E-state index in [9.17, 15) is 4.79 Å². The number of aliphatic hydroxyl groups excluding tert-OH is 1. The zero-order chi connectivity index (χ0) is 11.3. The SMILES string of the molecule is CCCCC(=O)N1CC(C)OC(CO)C1. The second-order valence-electron chi connectivity index (χ2n) is 4.15. The van der Waals surface area contributed by atoms with Gasteiger partial charge in [-0.3, -0.25) is 4.79 Å². The Morgan fingerprint density at radius 2 is 2.27 bits per heavy atom. The molecule has 1 saturated heterocycles. The lowest BCUT2D eigenvalue weighted by Crippen LogP contribution is -2.50. The van der Waals surface area contributed by atoms with Crippen LogP contribution in [0, 0.1) is 0 Å². The topological polar surface area (TPSA) is 49.8 Å². The first-order chi connectivity index (χ1) is 7.17. The summed E-state index contributed by atoms with van der Waals surface area (Å²) < 4.78 is 5.48. The molecular formula is C11H21NO3. The summed E-state index contributed by atoms with van der Waals surface area (Å²) in [6, 6.07) is 0. The maximum absolute atomic E-state index is 11.8. The fraction of sp³-hybridized carbons (Fsp3) is 0.909. The molecule has 0 aromatic heterocycles. The van der Waals surface area contributed by atoms with E-state index in [0.717, 1.165) is 12.8 Å². The Balaban J connectivity index is 2.42. The number of amides is 1. The van der Waals surface area contributed by atoms with Gasteiger partial charge in [0.1, 0.15) is 0 Å². The molecule has 2 unspecified atom stereocenters. The van der Waals surface area contributed by atoms with Gasteiger partial charge in [0.05, 0.1) is 18.8 Å². The van der Waals surface area contributed by atoms with Crippen molar-refractivity contribution in [3.8, 4) is 0 Å². The zero-order valence-corrected chi connectivity index (χ0v) is 9.61. The van der Waals surface area contributed by atoms with E-state index >= 15 is 0 Å². The summed E-state index contributed by atoms with van der Waals surface area (Å²) >= 11 is 0. The van der Waals surface area contributed by atoms with Crippen LogP contribution >= 0.6 is 0 Å². The molecule has 1 rings (SSSR count). The van der Waals surface area contributed by atoms with Crippen molar-refractivity contribution in [1.82, 2.24) is 4.90 Å². The van der Waals surface area contributed by atoms with E-state index in [1.807, 2.05) is 11.8 Å². The zero-order valence-electron chi connectivity index (χ0n) is 9.61. The van der Waals surface area contributed by atoms with Crippen LogP contribution in [0.3, 0.4) is 0 Å². The predicted molar refractivity (Wildman–Crippen MR) is 57.5 cm³/mol. The smallest absolute Gasteiger partial charge is 0.222 e. The standard InChI is InChI=1S/C11H21NO3/c1-3-4-5-11(14)12-6-9(2)15-10(7-12)8-13/h9-10,13H,3-8H2,1-2H3. The largest absolute Gasteiger partial charge is 0.394 e. The third-order valence-electron chi connectivity index (χ3n) is 2.63. The van der Waals surface area contributed by atoms with Gasteiger partial charge in [-0.25, -0.2) is 0 Å². The first-order valence-corrected chi connectivity index (χ1v) is 5.71. The lowest BCUT2D eigenvalue weighted by molar-refractivity contribution is -0.147. The summed E-state index contributed by atoms with van der Waals surface area (Å²) in [5.74, 6) is 0.186. The molecule has 0 aliphatic carbocycles. The van der Waals surface area contributed by atoms with Crippen LogP contribution in [0.15, 0.2) is 0 Å². The van der Waals surface area contributed by atoms with E-state index < -0.39 is 0 Å². The highest BCUT2D eigenvalue weighted by atomic mass is 16.5. The van der Waals surface area contributed by atoms with E-state index in [4.69, 9.17) is 9.84 Å². The minimum Gasteiger partial charge on any atom is -0.394 e. The molecular weight excluding hydrogens is 194 g/mol. The molecule has 1 amide bonds. The van der Waals surface area contributed by atoms with Crippen LogP contribution < -0.4 is 0 Å². The van der Waals surface area contributed by atoms with Crippen LogP contribution in [-0.2, 0) is 9.53 Å². The molecule has 0 radical (unpaired) electrons. The summed E-state index contributed by atoms with van der Waals surface area (Å²) in [7, 11) is 0. The first-order valence-electron chi connectivity index (χ1n) is 5.71. The lowest BCUT2D eigenvalue weighted by atomic mass is 10.2. The summed E-state index contributed by atoms with van der Waals surface area (Å²) in [5.41, 5.74) is 0. The molecule has 15 heavy (non-hydrogen) atoms. The van der Waals surface area contributed by atoms with E-state index in [2.05, 4.69) is 6.92 Å². The molecule has 4 nitrogen and oxygen atoms in total. The number of carbonyl (C=O) groups is 1. The van der Waals surface area contributed by atoms with Crippen LogP contribution in [0.1, 0.15) is 33.1 Å². The first kappa shape index (κ1) is 12.5. The highest BCUT2D eigenvalue weighted by Crippen LogP contribution is 2.12. The van der Waals surface area contributed by atoms with Crippen LogP contribution in [-0.4, -0.2) is 47.8 Å². The highest BCUT2D eigenvalue weighted by Gasteiger charge is 2.27. The number of ether oxygens (including phenoxy) is 1. The minimum absolute atomic E-state index is 0.0120. The molecule has 2 atom stereocenters. The summed E-state index contributed by atoms with van der Waals surface area (Å²) in [6.07, 6.45) is 2.41. The molecule has 0 aromatic rings. The lowest BCUT2D eigenvalue weighted by Gasteiger charge is -2.36. The number of unbranched alkanes of at least 4 members (excludes halogenated alkanes) is 1. The molecule has 0 aromatic carbocycles. The molecule has 1 aliphatic heterocycles. The third-order valence-corrected chi connectivity index (χ3v) is 2.63. The Morgan fingerprint density at radius 1 is 1.53 bits per heavy atom. The van der Waals surface area contributed by atoms with Gasteiger partial charge < -0.3 is 14.7 Å². The van der Waals surface area contributed by atoms with Crippen molar-refractivity contribution in [2.75, 3.05) is 19.7 Å². The second kappa shape index (κ2) is 6.08. The molecule has 1 N–H and O–H groups in total. The van der Waals surface area contributed by atoms with E-state index in [-0.39, 0.29) is 24.7 Å². The number of aliphatic hydroxyl groups is 1. The Labute approximate surface area is 91.2 Å². The van der Waals surface area contributed by atoms with Crippen molar-refractivity contribution >= 4 is 5.91 Å². The molecule has 88 valence electrons. The van der Waals surface area contributed by atoms with Gasteiger partial charge in [-0.2, -0.15) is 0 Å².